The Bertz CT molecular complexity index is 1410. The Morgan fingerprint density at radius 2 is 1.94 bits per heavy atom. The summed E-state index contributed by atoms with van der Waals surface area (Å²) in [5, 5.41) is 8.21. The number of thiophene rings is 1. The first kappa shape index (κ1) is 20.9. The van der Waals surface area contributed by atoms with Gasteiger partial charge in [0, 0.05) is 16.1 Å². The molecule has 0 radical (unpaired) electrons. The van der Waals surface area contributed by atoms with E-state index in [1.807, 2.05) is 0 Å². The molecule has 3 heterocycles. The highest BCUT2D eigenvalue weighted by Crippen LogP contribution is 2.40. The van der Waals surface area contributed by atoms with Gasteiger partial charge >= 0.3 is 0 Å². The average molecular weight is 470 g/mol. The Hall–Kier alpha value is -2.98. The number of nitrogens with one attached hydrogen (secondary N) is 2. The van der Waals surface area contributed by atoms with E-state index in [1.54, 1.807) is 55.8 Å². The summed E-state index contributed by atoms with van der Waals surface area (Å²) in [5.74, 6) is 1.57. The number of aryl methyl sites for hydroxylation is 2. The van der Waals surface area contributed by atoms with Crippen LogP contribution in [-0.2, 0) is 22.9 Å². The number of fused-ring (bicyclic) bond motifs is 3. The predicted molar refractivity (Wildman–Crippen MR) is 125 cm³/mol. The molecule has 0 saturated heterocycles. The molecule has 10 heteroatoms. The summed E-state index contributed by atoms with van der Waals surface area (Å²) in [6.45, 7) is 5.79. The fraction of sp³-hybridized carbons (Fsp3) is 0.318. The van der Waals surface area contributed by atoms with Gasteiger partial charge in [-0.25, -0.2) is 23.1 Å². The zero-order valence-corrected chi connectivity index (χ0v) is 19.6. The average Bonchev–Trinajstić information content (AvgIpc) is 3.28. The second kappa shape index (κ2) is 7.86. The van der Waals surface area contributed by atoms with Crippen LogP contribution in [0.3, 0.4) is 0 Å². The Morgan fingerprint density at radius 1 is 1.16 bits per heavy atom. The maximum Gasteiger partial charge on any atom is 0.264 e. The minimum atomic E-state index is -3.79. The summed E-state index contributed by atoms with van der Waals surface area (Å²) in [6.07, 6.45) is 4.85. The molecule has 1 aliphatic carbocycles. The molecule has 0 spiro atoms. The largest absolute Gasteiger partial charge is 0.340 e. The van der Waals surface area contributed by atoms with Crippen LogP contribution in [0, 0.1) is 19.8 Å². The predicted octanol–water partition coefficient (Wildman–Crippen LogP) is 4.97. The monoisotopic (exact) mass is 469 g/mol. The number of rotatable bonds is 5. The van der Waals surface area contributed by atoms with E-state index in [1.165, 1.54) is 10.4 Å². The lowest BCUT2D eigenvalue weighted by atomic mass is 9.89. The van der Waals surface area contributed by atoms with E-state index >= 15 is 0 Å². The van der Waals surface area contributed by atoms with Crippen LogP contribution in [0.1, 0.15) is 35.0 Å². The third-order valence-corrected chi connectivity index (χ3v) is 8.41. The smallest absolute Gasteiger partial charge is 0.264 e. The van der Waals surface area contributed by atoms with E-state index in [2.05, 4.69) is 32.1 Å². The fourth-order valence-corrected chi connectivity index (χ4v) is 6.31. The summed E-state index contributed by atoms with van der Waals surface area (Å²) in [4.78, 5) is 11.5. The zero-order chi connectivity index (χ0) is 22.5. The summed E-state index contributed by atoms with van der Waals surface area (Å²) < 4.78 is 33.0. The van der Waals surface area contributed by atoms with Gasteiger partial charge in [-0.15, -0.1) is 11.3 Å². The number of benzene rings is 1. The summed E-state index contributed by atoms with van der Waals surface area (Å²) >= 11 is 1.75. The van der Waals surface area contributed by atoms with Crippen molar-refractivity contribution in [2.45, 2.75) is 44.9 Å². The van der Waals surface area contributed by atoms with E-state index < -0.39 is 10.0 Å². The SMILES string of the molecule is Cc1noc(NS(=O)(=O)c2ccc(Nc3ncnc4sc5c(c34)CCC(C)C5)cc2)c1C. The van der Waals surface area contributed by atoms with Gasteiger partial charge in [0.1, 0.15) is 17.0 Å². The molecule has 0 bridgehead atoms. The van der Waals surface area contributed by atoms with E-state index in [0.717, 1.165) is 41.0 Å². The van der Waals surface area contributed by atoms with Crippen LogP contribution in [0.4, 0.5) is 17.4 Å². The van der Waals surface area contributed by atoms with Gasteiger partial charge in [0.25, 0.3) is 10.0 Å². The topological polar surface area (TPSA) is 110 Å². The van der Waals surface area contributed by atoms with Gasteiger partial charge in [-0.1, -0.05) is 12.1 Å². The fourth-order valence-electron chi connectivity index (χ4n) is 3.92. The zero-order valence-electron chi connectivity index (χ0n) is 18.0. The molecule has 1 aromatic carbocycles. The van der Waals surface area contributed by atoms with Gasteiger partial charge in [0.2, 0.25) is 5.88 Å². The van der Waals surface area contributed by atoms with E-state index in [0.29, 0.717) is 17.2 Å². The first-order chi connectivity index (χ1) is 15.3. The Morgan fingerprint density at radius 3 is 2.66 bits per heavy atom. The molecule has 5 rings (SSSR count). The highest BCUT2D eigenvalue weighted by atomic mass is 32.2. The van der Waals surface area contributed by atoms with Gasteiger partial charge in [-0.2, -0.15) is 0 Å². The van der Waals surface area contributed by atoms with E-state index in [4.69, 9.17) is 4.52 Å². The number of hydrogen-bond donors (Lipinski definition) is 2. The van der Waals surface area contributed by atoms with Gasteiger partial charge < -0.3 is 9.84 Å². The van der Waals surface area contributed by atoms with Crippen molar-refractivity contribution in [2.75, 3.05) is 10.0 Å². The molecule has 0 amide bonds. The molecule has 4 aromatic rings. The van der Waals surface area contributed by atoms with Gasteiger partial charge in [0.15, 0.2) is 0 Å². The Balaban J connectivity index is 1.41. The van der Waals surface area contributed by atoms with Crippen LogP contribution in [0.15, 0.2) is 40.0 Å². The molecule has 1 aliphatic rings. The van der Waals surface area contributed by atoms with Crippen molar-refractivity contribution in [3.05, 3.63) is 52.3 Å². The normalized spacial score (nSPS) is 16.2. The van der Waals surface area contributed by atoms with Crippen LogP contribution in [0.5, 0.6) is 0 Å². The molecule has 1 unspecified atom stereocenters. The lowest BCUT2D eigenvalue weighted by molar-refractivity contribution is 0.430. The maximum atomic E-state index is 12.7. The first-order valence-corrected chi connectivity index (χ1v) is 12.7. The van der Waals surface area contributed by atoms with Crippen LogP contribution in [0.25, 0.3) is 10.2 Å². The van der Waals surface area contributed by atoms with Crippen LogP contribution in [0.2, 0.25) is 0 Å². The van der Waals surface area contributed by atoms with Gasteiger partial charge in [-0.3, -0.25) is 0 Å². The molecule has 3 aromatic heterocycles. The molecular weight excluding hydrogens is 446 g/mol. The molecule has 32 heavy (non-hydrogen) atoms. The van der Waals surface area contributed by atoms with Crippen molar-refractivity contribution in [3.8, 4) is 0 Å². The molecule has 8 nitrogen and oxygen atoms in total. The number of hydrogen-bond acceptors (Lipinski definition) is 8. The van der Waals surface area contributed by atoms with Gasteiger partial charge in [0.05, 0.1) is 16.0 Å². The van der Waals surface area contributed by atoms with Crippen molar-refractivity contribution >= 4 is 49.0 Å². The van der Waals surface area contributed by atoms with Crippen LogP contribution < -0.4 is 10.0 Å². The summed E-state index contributed by atoms with van der Waals surface area (Å²) in [5.41, 5.74) is 3.39. The molecule has 166 valence electrons. The van der Waals surface area contributed by atoms with Crippen molar-refractivity contribution < 1.29 is 12.9 Å². The number of anilines is 3. The second-order valence-electron chi connectivity index (χ2n) is 8.23. The third-order valence-electron chi connectivity index (χ3n) is 5.90. The molecule has 0 aliphatic heterocycles. The third kappa shape index (κ3) is 3.73. The molecular formula is C22H23N5O3S2. The van der Waals surface area contributed by atoms with Crippen molar-refractivity contribution in [2.24, 2.45) is 5.92 Å². The quantitative estimate of drug-likeness (QED) is 0.425. The van der Waals surface area contributed by atoms with Crippen molar-refractivity contribution in [1.82, 2.24) is 15.1 Å². The standard InChI is InChI=1S/C22H23N5O3S2/c1-12-4-9-17-18(10-12)31-22-19(17)20(23-11-24-22)25-15-5-7-16(8-6-15)32(28,29)27-21-13(2)14(3)26-30-21/h5-8,11-12,27H,4,9-10H2,1-3H3,(H,23,24,25). The minimum absolute atomic E-state index is 0.129. The Labute approximate surface area is 190 Å². The number of sulfonamides is 1. The molecule has 0 fully saturated rings. The highest BCUT2D eigenvalue weighted by Gasteiger charge is 2.23. The van der Waals surface area contributed by atoms with Crippen LogP contribution in [-0.4, -0.2) is 23.5 Å². The number of nitrogens with zero attached hydrogens (tertiary/aromatic N) is 3. The summed E-state index contributed by atoms with van der Waals surface area (Å²) in [6, 6.07) is 6.54. The maximum absolute atomic E-state index is 12.7. The van der Waals surface area contributed by atoms with Crippen molar-refractivity contribution in [3.63, 3.8) is 0 Å². The highest BCUT2D eigenvalue weighted by molar-refractivity contribution is 7.92. The van der Waals surface area contributed by atoms with E-state index in [-0.39, 0.29) is 10.8 Å². The van der Waals surface area contributed by atoms with Crippen LogP contribution >= 0.6 is 11.3 Å². The molecule has 2 N–H and O–H groups in total. The lowest BCUT2D eigenvalue weighted by Crippen LogP contribution is -2.13. The number of aromatic nitrogens is 3. The second-order valence-corrected chi connectivity index (χ2v) is 11.0. The van der Waals surface area contributed by atoms with E-state index in [9.17, 15) is 8.42 Å². The first-order valence-electron chi connectivity index (χ1n) is 10.4. The molecule has 0 saturated carbocycles. The minimum Gasteiger partial charge on any atom is -0.340 e. The lowest BCUT2D eigenvalue weighted by Gasteiger charge is -2.18. The Kier molecular flexibility index (Phi) is 5.13. The van der Waals surface area contributed by atoms with Gasteiger partial charge in [-0.05, 0) is 68.9 Å². The summed E-state index contributed by atoms with van der Waals surface area (Å²) in [7, 11) is -3.79. The van der Waals surface area contributed by atoms with Crippen molar-refractivity contribution in [1.29, 1.82) is 0 Å². The molecule has 1 atom stereocenters.